The van der Waals surface area contributed by atoms with Crippen molar-refractivity contribution >= 4 is 35.4 Å². The molecule has 2 heterocycles. The number of likely N-dealkylation sites (tertiary alicyclic amines) is 1. The molecule has 0 spiro atoms. The summed E-state index contributed by atoms with van der Waals surface area (Å²) >= 11 is 3.93. The summed E-state index contributed by atoms with van der Waals surface area (Å²) in [4.78, 5) is 25.8. The van der Waals surface area contributed by atoms with E-state index in [2.05, 4.69) is 0 Å². The van der Waals surface area contributed by atoms with Crippen LogP contribution < -0.4 is 0 Å². The molecule has 3 rings (SSSR count). The average molecular weight is 366 g/mol. The highest BCUT2D eigenvalue weighted by Crippen LogP contribution is 2.43. The van der Waals surface area contributed by atoms with E-state index in [1.54, 1.807) is 4.90 Å². The summed E-state index contributed by atoms with van der Waals surface area (Å²) in [5.41, 5.74) is 1.92. The Kier molecular flexibility index (Phi) is 5.76. The zero-order valence-electron chi connectivity index (χ0n) is 13.8. The Labute approximate surface area is 151 Å². The van der Waals surface area contributed by atoms with Crippen LogP contribution in [0.4, 0.5) is 0 Å². The number of aliphatic carboxylic acids is 1. The lowest BCUT2D eigenvalue weighted by Gasteiger charge is -2.36. The minimum Gasteiger partial charge on any atom is -0.481 e. The topological polar surface area (TPSA) is 57.6 Å². The van der Waals surface area contributed by atoms with Gasteiger partial charge in [-0.3, -0.25) is 9.59 Å². The van der Waals surface area contributed by atoms with E-state index in [0.29, 0.717) is 23.1 Å². The number of carbonyl (C=O) groups is 2. The Morgan fingerprint density at radius 2 is 1.79 bits per heavy atom. The zero-order valence-corrected chi connectivity index (χ0v) is 15.4. The highest BCUT2D eigenvalue weighted by Gasteiger charge is 2.33. The van der Waals surface area contributed by atoms with E-state index in [4.69, 9.17) is 0 Å². The SMILES string of the molecule is CC1CCC(C(=O)O)CN1C(=O)c1ccc(C2SCCCS2)cc1. The van der Waals surface area contributed by atoms with Gasteiger partial charge in [-0.2, -0.15) is 0 Å². The lowest BCUT2D eigenvalue weighted by molar-refractivity contribution is -0.143. The lowest BCUT2D eigenvalue weighted by atomic mass is 9.93. The molecule has 2 saturated heterocycles. The van der Waals surface area contributed by atoms with Crippen molar-refractivity contribution in [3.63, 3.8) is 0 Å². The van der Waals surface area contributed by atoms with E-state index in [-0.39, 0.29) is 11.9 Å². The van der Waals surface area contributed by atoms with Crippen LogP contribution in [0.2, 0.25) is 0 Å². The number of benzene rings is 1. The normalized spacial score (nSPS) is 25.5. The number of nitrogens with zero attached hydrogens (tertiary/aromatic N) is 1. The lowest BCUT2D eigenvalue weighted by Crippen LogP contribution is -2.47. The third-order valence-electron chi connectivity index (χ3n) is 4.75. The molecular weight excluding hydrogens is 342 g/mol. The number of hydrogen-bond acceptors (Lipinski definition) is 4. The van der Waals surface area contributed by atoms with Crippen LogP contribution in [0.15, 0.2) is 24.3 Å². The summed E-state index contributed by atoms with van der Waals surface area (Å²) in [5.74, 6) is 1.09. The van der Waals surface area contributed by atoms with Crippen LogP contribution in [-0.2, 0) is 4.79 Å². The molecule has 1 aromatic rings. The molecule has 0 radical (unpaired) electrons. The Balaban J connectivity index is 1.70. The van der Waals surface area contributed by atoms with E-state index < -0.39 is 11.9 Å². The Morgan fingerprint density at radius 3 is 2.42 bits per heavy atom. The van der Waals surface area contributed by atoms with Crippen molar-refractivity contribution in [2.45, 2.75) is 36.8 Å². The fourth-order valence-electron chi connectivity index (χ4n) is 3.22. The quantitative estimate of drug-likeness (QED) is 0.881. The van der Waals surface area contributed by atoms with Gasteiger partial charge in [0, 0.05) is 18.2 Å². The van der Waals surface area contributed by atoms with Crippen LogP contribution in [0.1, 0.15) is 46.7 Å². The van der Waals surface area contributed by atoms with Crippen molar-refractivity contribution in [1.29, 1.82) is 0 Å². The van der Waals surface area contributed by atoms with E-state index in [1.165, 1.54) is 23.5 Å². The smallest absolute Gasteiger partial charge is 0.308 e. The predicted molar refractivity (Wildman–Crippen MR) is 99.6 cm³/mol. The van der Waals surface area contributed by atoms with Crippen LogP contribution in [0.5, 0.6) is 0 Å². The van der Waals surface area contributed by atoms with Crippen LogP contribution in [0.25, 0.3) is 0 Å². The average Bonchev–Trinajstić information content (AvgIpc) is 2.62. The number of hydrogen-bond donors (Lipinski definition) is 1. The number of piperidine rings is 1. The Morgan fingerprint density at radius 1 is 1.12 bits per heavy atom. The first-order chi connectivity index (χ1) is 11.6. The molecule has 2 fully saturated rings. The van der Waals surface area contributed by atoms with Gasteiger partial charge in [0.15, 0.2) is 0 Å². The van der Waals surface area contributed by atoms with Gasteiger partial charge in [0.25, 0.3) is 5.91 Å². The number of amides is 1. The minimum atomic E-state index is -0.804. The highest BCUT2D eigenvalue weighted by molar-refractivity contribution is 8.16. The van der Waals surface area contributed by atoms with Gasteiger partial charge in [-0.1, -0.05) is 12.1 Å². The van der Waals surface area contributed by atoms with E-state index in [1.807, 2.05) is 54.7 Å². The molecule has 1 amide bonds. The molecule has 24 heavy (non-hydrogen) atoms. The fraction of sp³-hybridized carbons (Fsp3) is 0.556. The second-order valence-corrected chi connectivity index (χ2v) is 9.19. The molecule has 0 aromatic heterocycles. The summed E-state index contributed by atoms with van der Waals surface area (Å²) in [6, 6.07) is 7.98. The maximum atomic E-state index is 12.8. The zero-order chi connectivity index (χ0) is 17.1. The van der Waals surface area contributed by atoms with Gasteiger partial charge < -0.3 is 10.0 Å². The van der Waals surface area contributed by atoms with Crippen LogP contribution in [0.3, 0.4) is 0 Å². The predicted octanol–water partition coefficient (Wildman–Crippen LogP) is 3.88. The number of carbonyl (C=O) groups excluding carboxylic acids is 1. The molecular formula is C18H23NO3S2. The molecule has 1 aromatic carbocycles. The summed E-state index contributed by atoms with van der Waals surface area (Å²) in [6.45, 7) is 2.31. The van der Waals surface area contributed by atoms with Gasteiger partial charge in [0.1, 0.15) is 0 Å². The Hall–Kier alpha value is -1.14. The van der Waals surface area contributed by atoms with Crippen molar-refractivity contribution < 1.29 is 14.7 Å². The van der Waals surface area contributed by atoms with E-state index in [9.17, 15) is 14.7 Å². The maximum Gasteiger partial charge on any atom is 0.308 e. The first-order valence-electron chi connectivity index (χ1n) is 8.43. The second kappa shape index (κ2) is 7.83. The summed E-state index contributed by atoms with van der Waals surface area (Å²) < 4.78 is 0.466. The summed E-state index contributed by atoms with van der Waals surface area (Å²) in [6.07, 6.45) is 2.66. The van der Waals surface area contributed by atoms with Crippen molar-refractivity contribution in [2.75, 3.05) is 18.1 Å². The second-order valence-electron chi connectivity index (χ2n) is 6.47. The number of carboxylic acid groups (broad SMARTS) is 1. The highest BCUT2D eigenvalue weighted by atomic mass is 32.2. The molecule has 0 saturated carbocycles. The molecule has 1 N–H and O–H groups in total. The third-order valence-corrected chi connectivity index (χ3v) is 7.76. The standard InChI is InChI=1S/C18H23NO3S2/c1-12-3-4-15(17(21)22)11-19(12)16(20)13-5-7-14(8-6-13)18-23-9-2-10-24-18/h5-8,12,15,18H,2-4,9-11H2,1H3,(H,21,22). The largest absolute Gasteiger partial charge is 0.481 e. The Bertz CT molecular complexity index is 599. The third kappa shape index (κ3) is 3.91. The van der Waals surface area contributed by atoms with Crippen molar-refractivity contribution in [3.8, 4) is 0 Å². The van der Waals surface area contributed by atoms with Crippen molar-refractivity contribution in [2.24, 2.45) is 5.92 Å². The molecule has 4 nitrogen and oxygen atoms in total. The first-order valence-corrected chi connectivity index (χ1v) is 10.5. The molecule has 0 bridgehead atoms. The monoisotopic (exact) mass is 365 g/mol. The number of carboxylic acids is 1. The van der Waals surface area contributed by atoms with Crippen molar-refractivity contribution in [3.05, 3.63) is 35.4 Å². The van der Waals surface area contributed by atoms with Crippen LogP contribution in [-0.4, -0.2) is 46.0 Å². The van der Waals surface area contributed by atoms with Gasteiger partial charge in [0.2, 0.25) is 0 Å². The molecule has 2 aliphatic rings. The van der Waals surface area contributed by atoms with Gasteiger partial charge in [0.05, 0.1) is 10.5 Å². The first kappa shape index (κ1) is 17.7. The summed E-state index contributed by atoms with van der Waals surface area (Å²) in [5, 5.41) is 9.23. The van der Waals surface area contributed by atoms with Crippen LogP contribution >= 0.6 is 23.5 Å². The number of rotatable bonds is 3. The van der Waals surface area contributed by atoms with Gasteiger partial charge >= 0.3 is 5.97 Å². The number of thioether (sulfide) groups is 2. The van der Waals surface area contributed by atoms with Gasteiger partial charge in [-0.05, 0) is 55.4 Å². The summed E-state index contributed by atoms with van der Waals surface area (Å²) in [7, 11) is 0. The maximum absolute atomic E-state index is 12.8. The molecule has 0 aliphatic carbocycles. The van der Waals surface area contributed by atoms with Crippen molar-refractivity contribution in [1.82, 2.24) is 4.90 Å². The molecule has 2 unspecified atom stereocenters. The van der Waals surface area contributed by atoms with E-state index in [0.717, 1.165) is 6.42 Å². The van der Waals surface area contributed by atoms with Crippen LogP contribution in [0, 0.1) is 5.92 Å². The molecule has 6 heteroatoms. The molecule has 2 aliphatic heterocycles. The van der Waals surface area contributed by atoms with E-state index >= 15 is 0 Å². The van der Waals surface area contributed by atoms with Gasteiger partial charge in [-0.15, -0.1) is 23.5 Å². The molecule has 2 atom stereocenters. The van der Waals surface area contributed by atoms with Gasteiger partial charge in [-0.25, -0.2) is 0 Å². The minimum absolute atomic E-state index is 0.0519. The molecule has 130 valence electrons. The fourth-order valence-corrected chi connectivity index (χ4v) is 6.11.